The molecule has 1 aromatic heterocycles. The standard InChI is InChI=1S/C16H9ClN2S2/c17-13-6-2-1-5-11(13)9-12(10-18)20-16-19-14-7-3-4-8-15(14)21-16/h1-9H/b12-9-. The number of hydrogen-bond donors (Lipinski definition) is 0. The molecule has 0 atom stereocenters. The number of fused-ring (bicyclic) bond motifs is 1. The third-order valence-corrected chi connectivity index (χ3v) is 5.14. The van der Waals surface area contributed by atoms with Gasteiger partial charge < -0.3 is 0 Å². The van der Waals surface area contributed by atoms with E-state index in [1.807, 2.05) is 48.5 Å². The summed E-state index contributed by atoms with van der Waals surface area (Å²) >= 11 is 9.07. The van der Waals surface area contributed by atoms with Gasteiger partial charge in [0.25, 0.3) is 0 Å². The SMILES string of the molecule is N#C/C(=C/c1ccccc1Cl)Sc1nc2ccccc2s1. The van der Waals surface area contributed by atoms with Gasteiger partial charge in [0, 0.05) is 5.02 Å². The number of benzene rings is 2. The van der Waals surface area contributed by atoms with E-state index in [1.165, 1.54) is 11.8 Å². The van der Waals surface area contributed by atoms with E-state index in [4.69, 9.17) is 11.6 Å². The fourth-order valence-corrected chi connectivity index (χ4v) is 3.96. The molecule has 0 aliphatic carbocycles. The number of allylic oxidation sites excluding steroid dienone is 1. The summed E-state index contributed by atoms with van der Waals surface area (Å²) in [6, 6.07) is 17.6. The van der Waals surface area contributed by atoms with Crippen LogP contribution < -0.4 is 0 Å². The Morgan fingerprint density at radius 3 is 2.71 bits per heavy atom. The Morgan fingerprint density at radius 2 is 1.95 bits per heavy atom. The van der Waals surface area contributed by atoms with Gasteiger partial charge in [0.1, 0.15) is 6.07 Å². The molecule has 0 aliphatic rings. The van der Waals surface area contributed by atoms with Gasteiger partial charge in [-0.3, -0.25) is 0 Å². The second-order valence-electron chi connectivity index (χ2n) is 4.19. The average molecular weight is 329 g/mol. The van der Waals surface area contributed by atoms with Crippen molar-refractivity contribution >= 4 is 51.0 Å². The van der Waals surface area contributed by atoms with Crippen LogP contribution in [0.25, 0.3) is 16.3 Å². The van der Waals surface area contributed by atoms with Crippen LogP contribution in [0.4, 0.5) is 0 Å². The number of hydrogen-bond acceptors (Lipinski definition) is 4. The van der Waals surface area contributed by atoms with Crippen LogP contribution in [0, 0.1) is 11.3 Å². The Kier molecular flexibility index (Phi) is 4.26. The molecule has 0 saturated carbocycles. The summed E-state index contributed by atoms with van der Waals surface area (Å²) in [6.07, 6.45) is 1.79. The van der Waals surface area contributed by atoms with Crippen molar-refractivity contribution in [2.45, 2.75) is 4.34 Å². The lowest BCUT2D eigenvalue weighted by atomic mass is 10.2. The van der Waals surface area contributed by atoms with Crippen LogP contribution in [0.2, 0.25) is 5.02 Å². The molecular formula is C16H9ClN2S2. The van der Waals surface area contributed by atoms with E-state index in [1.54, 1.807) is 17.4 Å². The smallest absolute Gasteiger partial charge is 0.156 e. The molecule has 0 aliphatic heterocycles. The Morgan fingerprint density at radius 1 is 1.19 bits per heavy atom. The first-order valence-corrected chi connectivity index (χ1v) is 8.17. The van der Waals surface area contributed by atoms with E-state index in [0.29, 0.717) is 9.93 Å². The lowest BCUT2D eigenvalue weighted by molar-refractivity contribution is 1.31. The molecule has 2 nitrogen and oxygen atoms in total. The predicted octanol–water partition coefficient (Wildman–Crippen LogP) is 5.61. The van der Waals surface area contributed by atoms with Crippen molar-refractivity contribution in [3.05, 3.63) is 64.0 Å². The molecule has 0 spiro atoms. The molecule has 0 bridgehead atoms. The molecular weight excluding hydrogens is 320 g/mol. The van der Waals surface area contributed by atoms with Crippen LogP contribution in [0.5, 0.6) is 0 Å². The monoisotopic (exact) mass is 328 g/mol. The van der Waals surface area contributed by atoms with Gasteiger partial charge in [-0.15, -0.1) is 11.3 Å². The molecule has 0 fully saturated rings. The molecule has 21 heavy (non-hydrogen) atoms. The fraction of sp³-hybridized carbons (Fsp3) is 0. The van der Waals surface area contributed by atoms with Crippen LogP contribution in [0.3, 0.4) is 0 Å². The van der Waals surface area contributed by atoms with Gasteiger partial charge in [0.15, 0.2) is 4.34 Å². The second kappa shape index (κ2) is 6.31. The number of aromatic nitrogens is 1. The van der Waals surface area contributed by atoms with Crippen molar-refractivity contribution < 1.29 is 0 Å². The van der Waals surface area contributed by atoms with E-state index >= 15 is 0 Å². The van der Waals surface area contributed by atoms with Crippen LogP contribution >= 0.6 is 34.7 Å². The lowest BCUT2D eigenvalue weighted by Crippen LogP contribution is -1.77. The molecule has 1 heterocycles. The Hall–Kier alpha value is -1.80. The minimum atomic E-state index is 0.571. The van der Waals surface area contributed by atoms with Gasteiger partial charge in [0.2, 0.25) is 0 Å². The van der Waals surface area contributed by atoms with Crippen molar-refractivity contribution in [2.24, 2.45) is 0 Å². The molecule has 0 saturated heterocycles. The molecule has 0 radical (unpaired) electrons. The van der Waals surface area contributed by atoms with Crippen molar-refractivity contribution in [2.75, 3.05) is 0 Å². The Bertz CT molecular complexity index is 829. The largest absolute Gasteiger partial charge is 0.229 e. The van der Waals surface area contributed by atoms with E-state index in [2.05, 4.69) is 11.1 Å². The maximum atomic E-state index is 9.31. The molecule has 102 valence electrons. The quantitative estimate of drug-likeness (QED) is 0.463. The summed E-state index contributed by atoms with van der Waals surface area (Å²) in [5, 5.41) is 9.94. The highest BCUT2D eigenvalue weighted by atomic mass is 35.5. The molecule has 5 heteroatoms. The van der Waals surface area contributed by atoms with Gasteiger partial charge in [-0.25, -0.2) is 4.98 Å². The summed E-state index contributed by atoms with van der Waals surface area (Å²) in [6.45, 7) is 0. The number of thiazole rings is 1. The van der Waals surface area contributed by atoms with Gasteiger partial charge in [-0.1, -0.05) is 41.9 Å². The summed E-state index contributed by atoms with van der Waals surface area (Å²) < 4.78 is 1.98. The zero-order valence-electron chi connectivity index (χ0n) is 10.8. The zero-order chi connectivity index (χ0) is 14.7. The predicted molar refractivity (Wildman–Crippen MR) is 90.5 cm³/mol. The molecule has 3 rings (SSSR count). The van der Waals surface area contributed by atoms with Crippen molar-refractivity contribution in [1.29, 1.82) is 5.26 Å². The highest BCUT2D eigenvalue weighted by Gasteiger charge is 2.07. The third kappa shape index (κ3) is 3.27. The zero-order valence-corrected chi connectivity index (χ0v) is 13.2. The van der Waals surface area contributed by atoms with Crippen LogP contribution in [-0.2, 0) is 0 Å². The normalized spacial score (nSPS) is 11.5. The molecule has 2 aromatic carbocycles. The molecule has 0 amide bonds. The van der Waals surface area contributed by atoms with E-state index in [-0.39, 0.29) is 0 Å². The van der Waals surface area contributed by atoms with Crippen molar-refractivity contribution in [1.82, 2.24) is 4.98 Å². The molecule has 0 unspecified atom stereocenters. The summed E-state index contributed by atoms with van der Waals surface area (Å²) in [5.74, 6) is 0. The highest BCUT2D eigenvalue weighted by Crippen LogP contribution is 2.34. The van der Waals surface area contributed by atoms with Gasteiger partial charge in [-0.05, 0) is 41.6 Å². The number of halogens is 1. The minimum absolute atomic E-state index is 0.571. The van der Waals surface area contributed by atoms with Crippen molar-refractivity contribution in [3.63, 3.8) is 0 Å². The number of rotatable bonds is 3. The number of nitrogens with zero attached hydrogens (tertiary/aromatic N) is 2. The van der Waals surface area contributed by atoms with E-state index in [9.17, 15) is 5.26 Å². The first kappa shape index (κ1) is 14.2. The van der Waals surface area contributed by atoms with Crippen LogP contribution in [0.1, 0.15) is 5.56 Å². The minimum Gasteiger partial charge on any atom is -0.229 e. The summed E-state index contributed by atoms with van der Waals surface area (Å²) in [4.78, 5) is 5.09. The third-order valence-electron chi connectivity index (χ3n) is 2.77. The van der Waals surface area contributed by atoms with Gasteiger partial charge in [-0.2, -0.15) is 5.26 Å². The highest BCUT2D eigenvalue weighted by molar-refractivity contribution is 8.05. The van der Waals surface area contributed by atoms with Crippen molar-refractivity contribution in [3.8, 4) is 6.07 Å². The van der Waals surface area contributed by atoms with Gasteiger partial charge >= 0.3 is 0 Å². The first-order valence-electron chi connectivity index (χ1n) is 6.16. The average Bonchev–Trinajstić information content (AvgIpc) is 2.91. The van der Waals surface area contributed by atoms with E-state index < -0.39 is 0 Å². The topological polar surface area (TPSA) is 36.7 Å². The summed E-state index contributed by atoms with van der Waals surface area (Å²) in [5.41, 5.74) is 1.80. The number of para-hydroxylation sites is 1. The van der Waals surface area contributed by atoms with Crippen LogP contribution in [0.15, 0.2) is 57.8 Å². The number of thioether (sulfide) groups is 1. The number of nitriles is 1. The maximum Gasteiger partial charge on any atom is 0.156 e. The fourth-order valence-electron chi connectivity index (χ4n) is 1.81. The summed E-state index contributed by atoms with van der Waals surface area (Å²) in [7, 11) is 0. The maximum absolute atomic E-state index is 9.31. The van der Waals surface area contributed by atoms with Crippen LogP contribution in [-0.4, -0.2) is 4.98 Å². The van der Waals surface area contributed by atoms with Gasteiger partial charge in [0.05, 0.1) is 15.1 Å². The van der Waals surface area contributed by atoms with E-state index in [0.717, 1.165) is 20.1 Å². The lowest BCUT2D eigenvalue weighted by Gasteiger charge is -1.98. The first-order chi connectivity index (χ1) is 10.3. The molecule has 0 N–H and O–H groups in total. The second-order valence-corrected chi connectivity index (χ2v) is 6.92. The Labute approximate surface area is 135 Å². The Balaban J connectivity index is 1.91. The molecule has 3 aromatic rings.